The predicted octanol–water partition coefficient (Wildman–Crippen LogP) is 2.76. The van der Waals surface area contributed by atoms with Gasteiger partial charge in [0.15, 0.2) is 0 Å². The topological polar surface area (TPSA) is 100 Å². The smallest absolute Gasteiger partial charge is 0.243 e. The average Bonchev–Trinajstić information content (AvgIpc) is 3.43. The summed E-state index contributed by atoms with van der Waals surface area (Å²) in [6.07, 6.45) is 3.45. The molecule has 4 rings (SSSR count). The van der Waals surface area contributed by atoms with Crippen LogP contribution in [-0.2, 0) is 22.6 Å². The normalized spacial score (nSPS) is 19.7. The Kier molecular flexibility index (Phi) is 6.83. The Morgan fingerprint density at radius 3 is 2.88 bits per heavy atom. The number of carbonyl (C=O) groups is 2. The van der Waals surface area contributed by atoms with E-state index in [1.54, 1.807) is 24.5 Å². The van der Waals surface area contributed by atoms with Crippen molar-refractivity contribution in [3.63, 3.8) is 0 Å². The number of amides is 2. The number of rotatable bonds is 7. The van der Waals surface area contributed by atoms with Crippen LogP contribution >= 0.6 is 11.3 Å². The fraction of sp³-hybridized carbons (Fsp3) is 0.375. The van der Waals surface area contributed by atoms with Gasteiger partial charge in [-0.25, -0.2) is 4.98 Å². The van der Waals surface area contributed by atoms with Crippen LogP contribution in [-0.4, -0.2) is 47.4 Å². The van der Waals surface area contributed by atoms with Crippen molar-refractivity contribution in [2.45, 2.75) is 38.4 Å². The molecule has 0 bridgehead atoms. The van der Waals surface area contributed by atoms with Crippen LogP contribution in [0.1, 0.15) is 23.8 Å². The van der Waals surface area contributed by atoms with E-state index in [1.807, 2.05) is 13.1 Å². The van der Waals surface area contributed by atoms with Gasteiger partial charge in [-0.1, -0.05) is 18.2 Å². The van der Waals surface area contributed by atoms with E-state index < -0.39 is 11.9 Å². The zero-order valence-electron chi connectivity index (χ0n) is 18.4. The van der Waals surface area contributed by atoms with Gasteiger partial charge in [-0.2, -0.15) is 0 Å². The van der Waals surface area contributed by atoms with Crippen LogP contribution in [0.4, 0.5) is 5.82 Å². The van der Waals surface area contributed by atoms with Crippen LogP contribution < -0.4 is 16.4 Å². The molecule has 1 saturated heterocycles. The minimum Gasteiger partial charge on any atom is -0.373 e. The van der Waals surface area contributed by atoms with Gasteiger partial charge in [0, 0.05) is 36.6 Å². The molecule has 3 heterocycles. The molecule has 1 unspecified atom stereocenters. The Bertz CT molecular complexity index is 1100. The Balaban J connectivity index is 1.54. The maximum absolute atomic E-state index is 13.0. The molecule has 2 aromatic heterocycles. The van der Waals surface area contributed by atoms with Crippen molar-refractivity contribution in [3.8, 4) is 0 Å². The van der Waals surface area contributed by atoms with E-state index in [0.717, 1.165) is 41.5 Å². The predicted molar refractivity (Wildman–Crippen MR) is 128 cm³/mol. The van der Waals surface area contributed by atoms with E-state index in [2.05, 4.69) is 56.2 Å². The zero-order valence-corrected chi connectivity index (χ0v) is 19.2. The van der Waals surface area contributed by atoms with Gasteiger partial charge in [0.1, 0.15) is 5.82 Å². The summed E-state index contributed by atoms with van der Waals surface area (Å²) in [7, 11) is 1.86. The second-order valence-electron chi connectivity index (χ2n) is 8.44. The Morgan fingerprint density at radius 2 is 2.16 bits per heavy atom. The average molecular weight is 452 g/mol. The first-order chi connectivity index (χ1) is 15.4. The van der Waals surface area contributed by atoms with Gasteiger partial charge in [-0.05, 0) is 60.2 Å². The zero-order chi connectivity index (χ0) is 22.7. The van der Waals surface area contributed by atoms with Crippen LogP contribution in [0.15, 0.2) is 48.0 Å². The maximum atomic E-state index is 13.0. The summed E-state index contributed by atoms with van der Waals surface area (Å²) in [6, 6.07) is 11.4. The van der Waals surface area contributed by atoms with Crippen LogP contribution in [0.2, 0.25) is 0 Å². The highest BCUT2D eigenvalue weighted by Gasteiger charge is 2.37. The van der Waals surface area contributed by atoms with Crippen molar-refractivity contribution in [1.82, 2.24) is 15.2 Å². The lowest BCUT2D eigenvalue weighted by atomic mass is 10.0. The maximum Gasteiger partial charge on any atom is 0.243 e. The van der Waals surface area contributed by atoms with E-state index >= 15 is 0 Å². The Labute approximate surface area is 192 Å². The molecule has 0 saturated carbocycles. The second kappa shape index (κ2) is 9.77. The lowest BCUT2D eigenvalue weighted by Crippen LogP contribution is -2.49. The molecule has 4 N–H and O–H groups in total. The molecule has 0 aliphatic carbocycles. The molecule has 1 aliphatic rings. The second-order valence-corrected chi connectivity index (χ2v) is 9.47. The first-order valence-corrected chi connectivity index (χ1v) is 11.7. The minimum absolute atomic E-state index is 0.261. The van der Waals surface area contributed by atoms with E-state index in [4.69, 9.17) is 5.73 Å². The van der Waals surface area contributed by atoms with Gasteiger partial charge in [-0.3, -0.25) is 19.8 Å². The van der Waals surface area contributed by atoms with Crippen molar-refractivity contribution in [1.29, 1.82) is 0 Å². The molecule has 168 valence electrons. The molecule has 1 fully saturated rings. The Morgan fingerprint density at radius 1 is 1.31 bits per heavy atom. The highest BCUT2D eigenvalue weighted by molar-refractivity contribution is 7.09. The summed E-state index contributed by atoms with van der Waals surface area (Å²) in [4.78, 5) is 32.9. The molecule has 7 nitrogen and oxygen atoms in total. The van der Waals surface area contributed by atoms with E-state index in [0.29, 0.717) is 12.5 Å². The number of thiophene rings is 1. The number of carbonyl (C=O) groups excluding carboxylic acids is 2. The third-order valence-electron chi connectivity index (χ3n) is 5.97. The summed E-state index contributed by atoms with van der Waals surface area (Å²) in [6.45, 7) is 3.02. The van der Waals surface area contributed by atoms with E-state index in [1.165, 1.54) is 4.88 Å². The lowest BCUT2D eigenvalue weighted by molar-refractivity contribution is -0.133. The Hall–Kier alpha value is -2.81. The number of imide groups is 1. The fourth-order valence-electron chi connectivity index (χ4n) is 4.38. The summed E-state index contributed by atoms with van der Waals surface area (Å²) in [5, 5.41) is 9.87. The van der Waals surface area contributed by atoms with E-state index in [-0.39, 0.29) is 11.9 Å². The van der Waals surface area contributed by atoms with Gasteiger partial charge < -0.3 is 11.1 Å². The number of nitrogens with two attached hydrogens (primary N) is 1. The monoisotopic (exact) mass is 451 g/mol. The summed E-state index contributed by atoms with van der Waals surface area (Å²) < 4.78 is 0. The molecule has 32 heavy (non-hydrogen) atoms. The number of hydrogen-bond acceptors (Lipinski definition) is 7. The van der Waals surface area contributed by atoms with Crippen molar-refractivity contribution < 1.29 is 9.59 Å². The molecule has 8 heteroatoms. The molecular weight excluding hydrogens is 422 g/mol. The first-order valence-electron chi connectivity index (χ1n) is 10.9. The van der Waals surface area contributed by atoms with Crippen molar-refractivity contribution in [2.75, 3.05) is 18.9 Å². The number of hydrogen-bond donors (Lipinski definition) is 3. The quantitative estimate of drug-likeness (QED) is 0.511. The molecule has 1 aliphatic heterocycles. The number of nitrogens with zero attached hydrogens (tertiary/aromatic N) is 2. The van der Waals surface area contributed by atoms with Crippen LogP contribution in [0, 0.1) is 5.92 Å². The summed E-state index contributed by atoms with van der Waals surface area (Å²) in [5.41, 5.74) is 6.77. The van der Waals surface area contributed by atoms with Gasteiger partial charge >= 0.3 is 0 Å². The van der Waals surface area contributed by atoms with E-state index in [9.17, 15) is 9.59 Å². The first kappa shape index (κ1) is 22.4. The standard InChI is InChI=1S/C24H29N5O2S/c1-15(25)23(30)28-24(31)21-12-17(11-19-4-3-9-32-19)14-29(21)13-16-5-6-20-18(10-16)7-8-27-22(20)26-2/h3-10,15,17,21H,11-14,25H2,1-2H3,(H,26,27)(H,28,30,31)/t15-,17?,21-/m0/s1. The highest BCUT2D eigenvalue weighted by Crippen LogP contribution is 2.30. The van der Waals surface area contributed by atoms with Crippen LogP contribution in [0.3, 0.4) is 0 Å². The molecular formula is C24H29N5O2S. The largest absolute Gasteiger partial charge is 0.373 e. The molecule has 2 amide bonds. The molecule has 0 spiro atoms. The lowest BCUT2D eigenvalue weighted by Gasteiger charge is -2.24. The molecule has 3 aromatic rings. The molecule has 0 radical (unpaired) electrons. The van der Waals surface area contributed by atoms with Gasteiger partial charge in [0.05, 0.1) is 12.1 Å². The number of aromatic nitrogens is 1. The molecule has 1 aromatic carbocycles. The number of nitrogens with one attached hydrogen (secondary N) is 2. The third kappa shape index (κ3) is 4.98. The van der Waals surface area contributed by atoms with Crippen molar-refractivity contribution in [2.24, 2.45) is 11.7 Å². The highest BCUT2D eigenvalue weighted by atomic mass is 32.1. The SMILES string of the molecule is CNc1nccc2cc(CN3CC(Cc4cccs4)C[C@H]3C(=O)NC(=O)[C@H](C)N)ccc12. The number of pyridine rings is 1. The van der Waals surface area contributed by atoms with Crippen molar-refractivity contribution in [3.05, 3.63) is 58.4 Å². The van der Waals surface area contributed by atoms with Gasteiger partial charge in [0.25, 0.3) is 0 Å². The third-order valence-corrected chi connectivity index (χ3v) is 6.87. The fourth-order valence-corrected chi connectivity index (χ4v) is 5.21. The summed E-state index contributed by atoms with van der Waals surface area (Å²) in [5.74, 6) is 0.506. The summed E-state index contributed by atoms with van der Waals surface area (Å²) >= 11 is 1.74. The number of fused-ring (bicyclic) bond motifs is 1. The van der Waals surface area contributed by atoms with Crippen LogP contribution in [0.5, 0.6) is 0 Å². The van der Waals surface area contributed by atoms with Crippen LogP contribution in [0.25, 0.3) is 10.8 Å². The number of anilines is 1. The van der Waals surface area contributed by atoms with Crippen molar-refractivity contribution >= 4 is 39.7 Å². The number of likely N-dealkylation sites (tertiary alicyclic amines) is 1. The number of benzene rings is 1. The van der Waals surface area contributed by atoms with Gasteiger partial charge in [0.2, 0.25) is 11.8 Å². The van der Waals surface area contributed by atoms with Gasteiger partial charge in [-0.15, -0.1) is 11.3 Å². The molecule has 3 atom stereocenters. The minimum atomic E-state index is -0.716.